The fraction of sp³-hybridized carbons (Fsp3) is 0.533. The molecule has 6 nitrogen and oxygen atoms in total. The van der Waals surface area contributed by atoms with Crippen LogP contribution in [0.4, 0.5) is 4.79 Å². The van der Waals surface area contributed by atoms with Crippen molar-refractivity contribution in [1.82, 2.24) is 15.2 Å². The summed E-state index contributed by atoms with van der Waals surface area (Å²) >= 11 is 0. The van der Waals surface area contributed by atoms with Crippen LogP contribution >= 0.6 is 0 Å². The van der Waals surface area contributed by atoms with Crippen molar-refractivity contribution in [3.8, 4) is 0 Å². The van der Waals surface area contributed by atoms with Crippen molar-refractivity contribution in [2.75, 3.05) is 13.1 Å². The molecule has 23 heavy (non-hydrogen) atoms. The van der Waals surface area contributed by atoms with Gasteiger partial charge in [-0.25, -0.2) is 22.9 Å². The first-order valence-corrected chi connectivity index (χ1v) is 9.07. The molecular formula is C15H22N3NaO3S. The molecule has 1 aromatic carbocycles. The first-order valence-electron chi connectivity index (χ1n) is 7.59. The fourth-order valence-electron chi connectivity index (χ4n) is 3.39. The average molecular weight is 347 g/mol. The van der Waals surface area contributed by atoms with Crippen molar-refractivity contribution < 1.29 is 44.2 Å². The van der Waals surface area contributed by atoms with Gasteiger partial charge < -0.3 is 1.43 Å². The molecule has 0 bridgehead atoms. The quantitative estimate of drug-likeness (QED) is 0.670. The molecule has 0 spiro atoms. The zero-order valence-corrected chi connectivity index (χ0v) is 16.4. The molecule has 2 fully saturated rings. The first kappa shape index (κ1) is 18.7. The van der Waals surface area contributed by atoms with Gasteiger partial charge in [0.15, 0.2) is 0 Å². The number of hydrogen-bond acceptors (Lipinski definition) is 4. The van der Waals surface area contributed by atoms with Gasteiger partial charge >= 0.3 is 35.6 Å². The largest absolute Gasteiger partial charge is 1.00 e. The summed E-state index contributed by atoms with van der Waals surface area (Å²) in [7, 11) is -3.83. The Balaban J connectivity index is 0.00000144. The number of carbonyl (C=O) groups is 1. The van der Waals surface area contributed by atoms with Gasteiger partial charge in [0.05, 0.1) is 4.90 Å². The molecule has 0 aromatic heterocycles. The smallest absolute Gasteiger partial charge is 1.00 e. The van der Waals surface area contributed by atoms with Crippen LogP contribution in [0, 0.1) is 18.8 Å². The van der Waals surface area contributed by atoms with Crippen LogP contribution in [0.2, 0.25) is 0 Å². The Bertz CT molecular complexity index is 657. The van der Waals surface area contributed by atoms with Crippen molar-refractivity contribution >= 4 is 16.1 Å². The molecule has 1 aliphatic heterocycles. The minimum Gasteiger partial charge on any atom is -1.00 e. The van der Waals surface area contributed by atoms with E-state index < -0.39 is 16.1 Å². The zero-order valence-electron chi connectivity index (χ0n) is 14.6. The van der Waals surface area contributed by atoms with Crippen LogP contribution < -0.4 is 39.7 Å². The Kier molecular flexibility index (Phi) is 6.13. The predicted octanol–water partition coefficient (Wildman–Crippen LogP) is -1.25. The molecule has 8 heteroatoms. The number of hydrazine groups is 1. The van der Waals surface area contributed by atoms with E-state index in [0.29, 0.717) is 11.8 Å². The molecular weight excluding hydrogens is 325 g/mol. The number of hydrogen-bond donors (Lipinski definition) is 2. The van der Waals surface area contributed by atoms with E-state index in [1.807, 2.05) is 11.9 Å². The molecule has 1 heterocycles. The van der Waals surface area contributed by atoms with Gasteiger partial charge in [0.1, 0.15) is 0 Å². The molecule has 3 rings (SSSR count). The van der Waals surface area contributed by atoms with E-state index in [4.69, 9.17) is 0 Å². The first-order chi connectivity index (χ1) is 10.4. The minimum absolute atomic E-state index is 0. The van der Waals surface area contributed by atoms with Crippen molar-refractivity contribution in [2.24, 2.45) is 11.8 Å². The van der Waals surface area contributed by atoms with Gasteiger partial charge in [-0.15, -0.1) is 0 Å². The van der Waals surface area contributed by atoms with Crippen LogP contribution in [0.1, 0.15) is 26.3 Å². The molecule has 2 N–H and O–H groups in total. The standard InChI is InChI=1S/C15H21N3O3S.Na.H/c1-11-5-7-14(8-6-11)22(20,21)17-15(19)16-18-9-12-3-2-4-13(12)10-18;;/h5-8,12-13H,2-4,9-10H2,1H3,(H2,16,17,19);;/q;+1;-1. The van der Waals surface area contributed by atoms with Crippen LogP contribution in [0.15, 0.2) is 29.2 Å². The van der Waals surface area contributed by atoms with Gasteiger partial charge in [0.25, 0.3) is 10.0 Å². The number of benzene rings is 1. The normalized spacial score (nSPS) is 23.9. The van der Waals surface area contributed by atoms with E-state index in [0.717, 1.165) is 18.7 Å². The van der Waals surface area contributed by atoms with Gasteiger partial charge in [-0.05, 0) is 43.7 Å². The molecule has 1 saturated carbocycles. The number of nitrogens with zero attached hydrogens (tertiary/aromatic N) is 1. The molecule has 0 radical (unpaired) electrons. The molecule has 1 aliphatic carbocycles. The molecule has 2 aliphatic rings. The summed E-state index contributed by atoms with van der Waals surface area (Å²) < 4.78 is 26.3. The number of urea groups is 1. The number of sulfonamides is 1. The summed E-state index contributed by atoms with van der Waals surface area (Å²) in [5.41, 5.74) is 3.61. The third kappa shape index (κ3) is 4.48. The van der Waals surface area contributed by atoms with E-state index >= 15 is 0 Å². The second-order valence-electron chi connectivity index (χ2n) is 6.22. The Morgan fingerprint density at radius 3 is 2.30 bits per heavy atom. The minimum atomic E-state index is -3.83. The average Bonchev–Trinajstić information content (AvgIpc) is 2.99. The van der Waals surface area contributed by atoms with E-state index in [2.05, 4.69) is 10.1 Å². The summed E-state index contributed by atoms with van der Waals surface area (Å²) in [5.74, 6) is 1.27. The molecule has 2 atom stereocenters. The second-order valence-corrected chi connectivity index (χ2v) is 7.90. The molecule has 122 valence electrons. The molecule has 1 saturated heterocycles. The van der Waals surface area contributed by atoms with Crippen molar-refractivity contribution in [3.63, 3.8) is 0 Å². The van der Waals surface area contributed by atoms with E-state index in [9.17, 15) is 13.2 Å². The Morgan fingerprint density at radius 2 is 1.74 bits per heavy atom. The number of nitrogens with one attached hydrogen (secondary N) is 2. The van der Waals surface area contributed by atoms with Gasteiger partial charge in [-0.2, -0.15) is 0 Å². The monoisotopic (exact) mass is 347 g/mol. The summed E-state index contributed by atoms with van der Waals surface area (Å²) in [6.45, 7) is 3.49. The van der Waals surface area contributed by atoms with Gasteiger partial charge in [-0.1, -0.05) is 24.1 Å². The maximum atomic E-state index is 12.1. The summed E-state index contributed by atoms with van der Waals surface area (Å²) in [6, 6.07) is 5.69. The third-order valence-corrected chi connectivity index (χ3v) is 5.89. The number of fused-ring (bicyclic) bond motifs is 1. The molecule has 1 aromatic rings. The zero-order chi connectivity index (χ0) is 15.7. The van der Waals surface area contributed by atoms with E-state index in [-0.39, 0.29) is 35.9 Å². The van der Waals surface area contributed by atoms with Crippen LogP contribution in [0.5, 0.6) is 0 Å². The predicted molar refractivity (Wildman–Crippen MR) is 83.5 cm³/mol. The van der Waals surface area contributed by atoms with Crippen LogP contribution in [0.3, 0.4) is 0 Å². The molecule has 2 amide bonds. The van der Waals surface area contributed by atoms with Crippen molar-refractivity contribution in [1.29, 1.82) is 0 Å². The van der Waals surface area contributed by atoms with Crippen LogP contribution in [-0.4, -0.2) is 32.5 Å². The maximum Gasteiger partial charge on any atom is 1.00 e. The van der Waals surface area contributed by atoms with Crippen LogP contribution in [-0.2, 0) is 10.0 Å². The SMILES string of the molecule is Cc1ccc(S(=O)(=O)NC(=O)NN2CC3CCCC3C2)cc1.[H-].[Na+]. The Labute approximate surface area is 160 Å². The van der Waals surface area contributed by atoms with Gasteiger partial charge in [-0.3, -0.25) is 5.43 Å². The Hall–Kier alpha value is -0.600. The van der Waals surface area contributed by atoms with E-state index in [1.54, 1.807) is 12.1 Å². The van der Waals surface area contributed by atoms with E-state index in [1.165, 1.54) is 31.4 Å². The number of aryl methyl sites for hydroxylation is 1. The third-order valence-electron chi connectivity index (χ3n) is 4.54. The van der Waals surface area contributed by atoms with Gasteiger partial charge in [0.2, 0.25) is 0 Å². The number of amides is 2. The Morgan fingerprint density at radius 1 is 1.17 bits per heavy atom. The number of carbonyl (C=O) groups excluding carboxylic acids is 1. The van der Waals surface area contributed by atoms with Crippen molar-refractivity contribution in [3.05, 3.63) is 29.8 Å². The molecule has 2 unspecified atom stereocenters. The summed E-state index contributed by atoms with van der Waals surface area (Å²) in [4.78, 5) is 12.0. The van der Waals surface area contributed by atoms with Crippen LogP contribution in [0.25, 0.3) is 0 Å². The number of rotatable bonds is 3. The van der Waals surface area contributed by atoms with Gasteiger partial charge in [0, 0.05) is 13.1 Å². The summed E-state index contributed by atoms with van der Waals surface area (Å²) in [5, 5.41) is 1.83. The second kappa shape index (κ2) is 7.53. The maximum absolute atomic E-state index is 12.1. The summed E-state index contributed by atoms with van der Waals surface area (Å²) in [6.07, 6.45) is 3.66. The van der Waals surface area contributed by atoms with Crippen molar-refractivity contribution in [2.45, 2.75) is 31.1 Å². The topological polar surface area (TPSA) is 78.5 Å². The fourth-order valence-corrected chi connectivity index (χ4v) is 4.29.